The lowest BCUT2D eigenvalue weighted by Crippen LogP contribution is -2.11. The summed E-state index contributed by atoms with van der Waals surface area (Å²) in [5, 5.41) is 12.3. The monoisotopic (exact) mass is 273 g/mol. The molecule has 0 saturated carbocycles. The molecule has 2 N–H and O–H groups in total. The molecule has 0 spiro atoms. The van der Waals surface area contributed by atoms with Gasteiger partial charge in [0.2, 0.25) is 0 Å². The summed E-state index contributed by atoms with van der Waals surface area (Å²) in [6.45, 7) is 5.92. The number of rotatable bonds is 8. The molecule has 0 aliphatic rings. The van der Waals surface area contributed by atoms with Crippen LogP contribution in [0.3, 0.4) is 0 Å². The lowest BCUT2D eigenvalue weighted by molar-refractivity contribution is 0.0922. The van der Waals surface area contributed by atoms with Gasteiger partial charge >= 0.3 is 0 Å². The number of aromatic nitrogens is 2. The Morgan fingerprint density at radius 3 is 2.83 bits per heavy atom. The molecule has 0 saturated heterocycles. The Kier molecular flexibility index (Phi) is 6.93. The minimum atomic E-state index is 0.0619. The second kappa shape index (κ2) is 8.24. The van der Waals surface area contributed by atoms with Gasteiger partial charge in [0, 0.05) is 18.7 Å². The van der Waals surface area contributed by atoms with E-state index >= 15 is 0 Å². The molecule has 1 aromatic rings. The van der Waals surface area contributed by atoms with Crippen LogP contribution in [0.1, 0.15) is 31.7 Å². The molecule has 1 aromatic heterocycles. The normalized spacial score (nSPS) is 10.9. The molecule has 5 nitrogen and oxygen atoms in total. The molecule has 0 radical (unpaired) electrons. The topological polar surface area (TPSA) is 67.3 Å². The summed E-state index contributed by atoms with van der Waals surface area (Å²) in [6.07, 6.45) is 2.30. The van der Waals surface area contributed by atoms with Gasteiger partial charge < -0.3 is 15.2 Å². The predicted molar refractivity (Wildman–Crippen MR) is 72.1 cm³/mol. The highest BCUT2D eigenvalue weighted by Crippen LogP contribution is 2.27. The van der Waals surface area contributed by atoms with Gasteiger partial charge in [0.1, 0.15) is 17.3 Å². The van der Waals surface area contributed by atoms with Gasteiger partial charge in [-0.3, -0.25) is 0 Å². The van der Waals surface area contributed by atoms with Crippen molar-refractivity contribution in [2.24, 2.45) is 0 Å². The molecule has 0 aliphatic carbocycles. The summed E-state index contributed by atoms with van der Waals surface area (Å²) < 4.78 is 5.17. The first-order valence-electron chi connectivity index (χ1n) is 6.09. The van der Waals surface area contributed by atoms with Crippen LogP contribution in [-0.2, 0) is 4.74 Å². The van der Waals surface area contributed by atoms with E-state index in [0.29, 0.717) is 18.4 Å². The zero-order chi connectivity index (χ0) is 13.4. The SMILES string of the molecule is CC(C)c1c(Cl)ncnc1NCCCOCCO. The average molecular weight is 274 g/mol. The van der Waals surface area contributed by atoms with E-state index in [1.165, 1.54) is 6.33 Å². The first-order chi connectivity index (χ1) is 8.66. The van der Waals surface area contributed by atoms with Crippen LogP contribution in [0.25, 0.3) is 0 Å². The first kappa shape index (κ1) is 15.1. The number of halogens is 1. The van der Waals surface area contributed by atoms with Crippen LogP contribution in [0.15, 0.2) is 6.33 Å². The van der Waals surface area contributed by atoms with Crippen molar-refractivity contribution >= 4 is 17.4 Å². The largest absolute Gasteiger partial charge is 0.394 e. The molecule has 102 valence electrons. The van der Waals surface area contributed by atoms with E-state index in [0.717, 1.165) is 24.3 Å². The third kappa shape index (κ3) is 4.76. The Hall–Kier alpha value is -0.910. The van der Waals surface area contributed by atoms with Crippen molar-refractivity contribution in [2.75, 3.05) is 31.7 Å². The molecule has 0 fully saturated rings. The second-order valence-electron chi connectivity index (χ2n) is 4.20. The fraction of sp³-hybridized carbons (Fsp3) is 0.667. The summed E-state index contributed by atoms with van der Waals surface area (Å²) in [7, 11) is 0. The number of anilines is 1. The van der Waals surface area contributed by atoms with Crippen LogP contribution in [-0.4, -0.2) is 41.4 Å². The molecule has 0 bridgehead atoms. The van der Waals surface area contributed by atoms with Crippen molar-refractivity contribution in [2.45, 2.75) is 26.2 Å². The van der Waals surface area contributed by atoms with Crippen LogP contribution in [0.5, 0.6) is 0 Å². The molecule has 18 heavy (non-hydrogen) atoms. The number of ether oxygens (including phenoxy) is 1. The smallest absolute Gasteiger partial charge is 0.138 e. The minimum absolute atomic E-state index is 0.0619. The van der Waals surface area contributed by atoms with Crippen molar-refractivity contribution in [1.82, 2.24) is 9.97 Å². The van der Waals surface area contributed by atoms with Gasteiger partial charge in [0.15, 0.2) is 0 Å². The van der Waals surface area contributed by atoms with E-state index in [1.54, 1.807) is 0 Å². The van der Waals surface area contributed by atoms with E-state index in [2.05, 4.69) is 29.1 Å². The third-order valence-corrected chi connectivity index (χ3v) is 2.71. The fourth-order valence-electron chi connectivity index (χ4n) is 1.57. The van der Waals surface area contributed by atoms with Crippen LogP contribution >= 0.6 is 11.6 Å². The molecular weight excluding hydrogens is 254 g/mol. The summed E-state index contributed by atoms with van der Waals surface area (Å²) in [5.74, 6) is 1.05. The lowest BCUT2D eigenvalue weighted by atomic mass is 10.1. The Morgan fingerprint density at radius 2 is 2.17 bits per heavy atom. The van der Waals surface area contributed by atoms with Crippen molar-refractivity contribution in [3.63, 3.8) is 0 Å². The van der Waals surface area contributed by atoms with Gasteiger partial charge in [-0.1, -0.05) is 25.4 Å². The van der Waals surface area contributed by atoms with Gasteiger partial charge in [0.25, 0.3) is 0 Å². The molecule has 0 aromatic carbocycles. The summed E-state index contributed by atoms with van der Waals surface area (Å²) in [5.41, 5.74) is 0.940. The van der Waals surface area contributed by atoms with Crippen molar-refractivity contribution in [1.29, 1.82) is 0 Å². The highest BCUT2D eigenvalue weighted by Gasteiger charge is 2.12. The van der Waals surface area contributed by atoms with Crippen molar-refractivity contribution < 1.29 is 9.84 Å². The van der Waals surface area contributed by atoms with Crippen LogP contribution < -0.4 is 5.32 Å². The van der Waals surface area contributed by atoms with E-state index in [-0.39, 0.29) is 12.5 Å². The lowest BCUT2D eigenvalue weighted by Gasteiger charge is -2.14. The maximum absolute atomic E-state index is 8.56. The van der Waals surface area contributed by atoms with Gasteiger partial charge in [-0.05, 0) is 12.3 Å². The van der Waals surface area contributed by atoms with Gasteiger partial charge in [0.05, 0.1) is 13.2 Å². The first-order valence-corrected chi connectivity index (χ1v) is 6.47. The second-order valence-corrected chi connectivity index (χ2v) is 4.56. The van der Waals surface area contributed by atoms with E-state index in [4.69, 9.17) is 21.4 Å². The Bertz CT molecular complexity index is 361. The molecule has 0 aliphatic heterocycles. The third-order valence-electron chi connectivity index (χ3n) is 2.41. The molecular formula is C12H20ClN3O2. The minimum Gasteiger partial charge on any atom is -0.394 e. The maximum Gasteiger partial charge on any atom is 0.138 e. The summed E-state index contributed by atoms with van der Waals surface area (Å²) in [4.78, 5) is 8.20. The average Bonchev–Trinajstić information content (AvgIpc) is 2.33. The van der Waals surface area contributed by atoms with E-state index < -0.39 is 0 Å². The molecule has 1 heterocycles. The quantitative estimate of drug-likeness (QED) is 0.561. The van der Waals surface area contributed by atoms with E-state index in [9.17, 15) is 0 Å². The molecule has 1 rings (SSSR count). The standard InChI is InChI=1S/C12H20ClN3O2/c1-9(2)10-11(13)15-8-16-12(10)14-4-3-6-18-7-5-17/h8-9,17H,3-7H2,1-2H3,(H,14,15,16). The number of nitrogens with one attached hydrogen (secondary N) is 1. The molecule has 0 atom stereocenters. The number of hydrogen-bond donors (Lipinski definition) is 2. The van der Waals surface area contributed by atoms with Crippen LogP contribution in [0, 0.1) is 0 Å². The Labute approximate surface area is 113 Å². The van der Waals surface area contributed by atoms with Crippen molar-refractivity contribution in [3.8, 4) is 0 Å². The van der Waals surface area contributed by atoms with Crippen LogP contribution in [0.4, 0.5) is 5.82 Å². The Morgan fingerprint density at radius 1 is 1.39 bits per heavy atom. The van der Waals surface area contributed by atoms with Gasteiger partial charge in [-0.25, -0.2) is 9.97 Å². The van der Waals surface area contributed by atoms with E-state index in [1.807, 2.05) is 0 Å². The van der Waals surface area contributed by atoms with Crippen LogP contribution in [0.2, 0.25) is 5.15 Å². The molecule has 6 heteroatoms. The number of aliphatic hydroxyl groups is 1. The molecule has 0 amide bonds. The Balaban J connectivity index is 2.44. The fourth-order valence-corrected chi connectivity index (χ4v) is 1.93. The number of hydrogen-bond acceptors (Lipinski definition) is 5. The maximum atomic E-state index is 8.56. The summed E-state index contributed by atoms with van der Waals surface area (Å²) in [6, 6.07) is 0. The molecule has 0 unspecified atom stereocenters. The van der Waals surface area contributed by atoms with Gasteiger partial charge in [-0.2, -0.15) is 0 Å². The van der Waals surface area contributed by atoms with Crippen molar-refractivity contribution in [3.05, 3.63) is 17.0 Å². The zero-order valence-electron chi connectivity index (χ0n) is 10.8. The predicted octanol–water partition coefficient (Wildman–Crippen LogP) is 2.06. The van der Waals surface area contributed by atoms with Gasteiger partial charge in [-0.15, -0.1) is 0 Å². The zero-order valence-corrected chi connectivity index (χ0v) is 11.6. The summed E-state index contributed by atoms with van der Waals surface area (Å²) >= 11 is 6.06. The highest BCUT2D eigenvalue weighted by molar-refractivity contribution is 6.30. The number of aliphatic hydroxyl groups excluding tert-OH is 1. The highest BCUT2D eigenvalue weighted by atomic mass is 35.5. The number of nitrogens with zero attached hydrogens (tertiary/aromatic N) is 2.